The average Bonchev–Trinajstić information content (AvgIpc) is 2.08. The topological polar surface area (TPSA) is 34.1 Å². The maximum Gasteiger partial charge on any atom is 0.153 e. The summed E-state index contributed by atoms with van der Waals surface area (Å²) in [6.45, 7) is 2.15. The van der Waals surface area contributed by atoms with Crippen molar-refractivity contribution < 1.29 is 8.42 Å². The third kappa shape index (κ3) is 3.29. The summed E-state index contributed by atoms with van der Waals surface area (Å²) >= 11 is 0. The van der Waals surface area contributed by atoms with Gasteiger partial charge in [-0.15, -0.1) is 0 Å². The summed E-state index contributed by atoms with van der Waals surface area (Å²) in [6.07, 6.45) is 7.23. The van der Waals surface area contributed by atoms with Crippen molar-refractivity contribution in [2.75, 3.05) is 5.75 Å². The summed E-state index contributed by atoms with van der Waals surface area (Å²) in [6, 6.07) is 0. The van der Waals surface area contributed by atoms with E-state index in [9.17, 15) is 8.42 Å². The van der Waals surface area contributed by atoms with Crippen LogP contribution in [0.1, 0.15) is 51.9 Å². The van der Waals surface area contributed by atoms with Gasteiger partial charge in [0.25, 0.3) is 0 Å². The van der Waals surface area contributed by atoms with Crippen molar-refractivity contribution in [3.8, 4) is 0 Å². The Morgan fingerprint density at radius 3 is 2.62 bits per heavy atom. The lowest BCUT2D eigenvalue weighted by Crippen LogP contribution is -2.28. The fourth-order valence-corrected chi connectivity index (χ4v) is 3.96. The minimum Gasteiger partial charge on any atom is -0.229 e. The van der Waals surface area contributed by atoms with E-state index >= 15 is 0 Å². The van der Waals surface area contributed by atoms with Gasteiger partial charge in [0.2, 0.25) is 0 Å². The van der Waals surface area contributed by atoms with Crippen LogP contribution in [0.2, 0.25) is 0 Å². The molecule has 1 heterocycles. The Morgan fingerprint density at radius 2 is 2.00 bits per heavy atom. The van der Waals surface area contributed by atoms with Crippen LogP contribution in [0.15, 0.2) is 0 Å². The Kier molecular flexibility index (Phi) is 4.23. The second-order valence-corrected chi connectivity index (χ2v) is 6.38. The van der Waals surface area contributed by atoms with E-state index in [4.69, 9.17) is 0 Å². The van der Waals surface area contributed by atoms with E-state index in [0.717, 1.165) is 32.1 Å². The number of hydrogen-bond acceptors (Lipinski definition) is 2. The first-order valence-electron chi connectivity index (χ1n) is 5.38. The zero-order chi connectivity index (χ0) is 9.73. The van der Waals surface area contributed by atoms with E-state index < -0.39 is 9.84 Å². The van der Waals surface area contributed by atoms with Crippen molar-refractivity contribution in [2.45, 2.75) is 57.1 Å². The first-order chi connectivity index (χ1) is 6.17. The second-order valence-electron chi connectivity index (χ2n) is 3.98. The molecule has 0 aromatic heterocycles. The molecule has 0 radical (unpaired) electrons. The minimum absolute atomic E-state index is 0.00667. The van der Waals surface area contributed by atoms with E-state index in [-0.39, 0.29) is 5.25 Å². The normalized spacial score (nSPS) is 27.3. The fraction of sp³-hybridized carbons (Fsp3) is 1.00. The summed E-state index contributed by atoms with van der Waals surface area (Å²) in [5, 5.41) is -0.00667. The van der Waals surface area contributed by atoms with Crippen molar-refractivity contribution in [1.82, 2.24) is 0 Å². The van der Waals surface area contributed by atoms with E-state index in [1.165, 1.54) is 12.8 Å². The average molecular weight is 204 g/mol. The molecule has 0 aliphatic carbocycles. The van der Waals surface area contributed by atoms with Gasteiger partial charge < -0.3 is 0 Å². The maximum absolute atomic E-state index is 11.6. The molecule has 0 aromatic carbocycles. The van der Waals surface area contributed by atoms with Crippen molar-refractivity contribution >= 4 is 9.84 Å². The SMILES string of the molecule is CCCCCC1CCCCS1(=O)=O. The van der Waals surface area contributed by atoms with Gasteiger partial charge >= 0.3 is 0 Å². The fourth-order valence-electron chi connectivity index (χ4n) is 1.97. The zero-order valence-electron chi connectivity index (χ0n) is 8.46. The van der Waals surface area contributed by atoms with Crippen LogP contribution in [-0.4, -0.2) is 19.4 Å². The predicted octanol–water partition coefficient (Wildman–Crippen LogP) is 2.53. The summed E-state index contributed by atoms with van der Waals surface area (Å²) in [5.41, 5.74) is 0. The van der Waals surface area contributed by atoms with Crippen LogP contribution in [0.25, 0.3) is 0 Å². The molecule has 1 saturated heterocycles. The van der Waals surface area contributed by atoms with Crippen LogP contribution in [-0.2, 0) is 9.84 Å². The van der Waals surface area contributed by atoms with Crippen molar-refractivity contribution in [2.24, 2.45) is 0 Å². The Hall–Kier alpha value is -0.0500. The highest BCUT2D eigenvalue weighted by molar-refractivity contribution is 7.92. The van der Waals surface area contributed by atoms with E-state index in [0.29, 0.717) is 5.75 Å². The molecule has 1 rings (SSSR count). The Morgan fingerprint density at radius 1 is 1.23 bits per heavy atom. The van der Waals surface area contributed by atoms with Crippen molar-refractivity contribution in [1.29, 1.82) is 0 Å². The van der Waals surface area contributed by atoms with Gasteiger partial charge in [0.05, 0.1) is 11.0 Å². The highest BCUT2D eigenvalue weighted by Gasteiger charge is 2.27. The number of rotatable bonds is 4. The Labute approximate surface area is 81.6 Å². The van der Waals surface area contributed by atoms with Crippen LogP contribution in [0.4, 0.5) is 0 Å². The van der Waals surface area contributed by atoms with Crippen molar-refractivity contribution in [3.05, 3.63) is 0 Å². The van der Waals surface area contributed by atoms with E-state index in [1.807, 2.05) is 0 Å². The quantitative estimate of drug-likeness (QED) is 0.659. The smallest absolute Gasteiger partial charge is 0.153 e. The largest absolute Gasteiger partial charge is 0.229 e. The second kappa shape index (κ2) is 4.99. The number of sulfone groups is 1. The lowest BCUT2D eigenvalue weighted by Gasteiger charge is -2.21. The molecular weight excluding hydrogens is 184 g/mol. The van der Waals surface area contributed by atoms with Gasteiger partial charge in [0.15, 0.2) is 9.84 Å². The monoisotopic (exact) mass is 204 g/mol. The van der Waals surface area contributed by atoms with Crippen LogP contribution in [0.5, 0.6) is 0 Å². The lowest BCUT2D eigenvalue weighted by atomic mass is 10.1. The van der Waals surface area contributed by atoms with E-state index in [1.54, 1.807) is 0 Å². The molecular formula is C10H20O2S. The van der Waals surface area contributed by atoms with Gasteiger partial charge in [-0.1, -0.05) is 32.6 Å². The number of hydrogen-bond donors (Lipinski definition) is 0. The molecule has 0 spiro atoms. The Bertz CT molecular complexity index is 231. The molecule has 3 heteroatoms. The van der Waals surface area contributed by atoms with Gasteiger partial charge in [-0.25, -0.2) is 8.42 Å². The predicted molar refractivity (Wildman–Crippen MR) is 55.6 cm³/mol. The standard InChI is InChI=1S/C10H20O2S/c1-2-3-4-7-10-8-5-6-9-13(10,11)12/h10H,2-9H2,1H3. The van der Waals surface area contributed by atoms with Crippen LogP contribution < -0.4 is 0 Å². The summed E-state index contributed by atoms with van der Waals surface area (Å²) in [5.74, 6) is 0.434. The van der Waals surface area contributed by atoms with Crippen LogP contribution in [0, 0.1) is 0 Å². The first kappa shape index (κ1) is 11.0. The highest BCUT2D eigenvalue weighted by atomic mass is 32.2. The first-order valence-corrected chi connectivity index (χ1v) is 7.10. The molecule has 0 aromatic rings. The third-order valence-electron chi connectivity index (χ3n) is 2.84. The third-order valence-corrected chi connectivity index (χ3v) is 5.19. The molecule has 2 nitrogen and oxygen atoms in total. The van der Waals surface area contributed by atoms with Gasteiger partial charge in [0.1, 0.15) is 0 Å². The van der Waals surface area contributed by atoms with Crippen LogP contribution >= 0.6 is 0 Å². The van der Waals surface area contributed by atoms with Crippen molar-refractivity contribution in [3.63, 3.8) is 0 Å². The summed E-state index contributed by atoms with van der Waals surface area (Å²) < 4.78 is 23.2. The highest BCUT2D eigenvalue weighted by Crippen LogP contribution is 2.23. The molecule has 78 valence electrons. The molecule has 0 amide bonds. The van der Waals surface area contributed by atoms with Gasteiger partial charge in [0, 0.05) is 0 Å². The molecule has 0 N–H and O–H groups in total. The maximum atomic E-state index is 11.6. The number of unbranched alkanes of at least 4 members (excludes halogenated alkanes) is 2. The molecule has 0 bridgehead atoms. The lowest BCUT2D eigenvalue weighted by molar-refractivity contribution is 0.513. The molecule has 13 heavy (non-hydrogen) atoms. The Balaban J connectivity index is 2.38. The molecule has 1 aliphatic heterocycles. The molecule has 1 aliphatic rings. The van der Waals surface area contributed by atoms with E-state index in [2.05, 4.69) is 6.92 Å². The van der Waals surface area contributed by atoms with Gasteiger partial charge in [-0.05, 0) is 19.3 Å². The molecule has 0 saturated carbocycles. The van der Waals surface area contributed by atoms with Gasteiger partial charge in [-0.2, -0.15) is 0 Å². The summed E-state index contributed by atoms with van der Waals surface area (Å²) in [7, 11) is -2.70. The minimum atomic E-state index is -2.70. The van der Waals surface area contributed by atoms with Gasteiger partial charge in [-0.3, -0.25) is 0 Å². The molecule has 1 atom stereocenters. The molecule has 1 unspecified atom stereocenters. The van der Waals surface area contributed by atoms with Crippen LogP contribution in [0.3, 0.4) is 0 Å². The summed E-state index contributed by atoms with van der Waals surface area (Å²) in [4.78, 5) is 0. The zero-order valence-corrected chi connectivity index (χ0v) is 9.28. The molecule has 1 fully saturated rings.